The molecule has 1 aromatic rings. The summed E-state index contributed by atoms with van der Waals surface area (Å²) >= 11 is 5.98. The molecule has 6 heteroatoms. The molecule has 0 aromatic heterocycles. The first kappa shape index (κ1) is 17.1. The van der Waals surface area contributed by atoms with Gasteiger partial charge >= 0.3 is 5.97 Å². The number of fused-ring (bicyclic) bond motifs is 1. The van der Waals surface area contributed by atoms with Gasteiger partial charge in [0.1, 0.15) is 0 Å². The zero-order valence-corrected chi connectivity index (χ0v) is 15.0. The Morgan fingerprint density at radius 3 is 3.00 bits per heavy atom. The first-order valence-electron chi connectivity index (χ1n) is 8.84. The van der Waals surface area contributed by atoms with Gasteiger partial charge in [0.15, 0.2) is 6.17 Å². The lowest BCUT2D eigenvalue weighted by molar-refractivity contribution is -0.147. The normalized spacial score (nSPS) is 27.7. The van der Waals surface area contributed by atoms with Gasteiger partial charge in [-0.1, -0.05) is 23.6 Å². The van der Waals surface area contributed by atoms with Gasteiger partial charge in [-0.15, -0.1) is 0 Å². The van der Waals surface area contributed by atoms with Gasteiger partial charge in [0, 0.05) is 53.6 Å². The topological polar surface area (TPSA) is 64.9 Å². The molecule has 2 aliphatic heterocycles. The zero-order valence-electron chi connectivity index (χ0n) is 14.3. The Morgan fingerprint density at radius 1 is 1.38 bits per heavy atom. The molecule has 0 radical (unpaired) electrons. The van der Waals surface area contributed by atoms with Gasteiger partial charge in [0.05, 0.1) is 5.92 Å². The molecule has 0 amide bonds. The van der Waals surface area contributed by atoms with Crippen LogP contribution in [0.5, 0.6) is 0 Å². The third-order valence-electron chi connectivity index (χ3n) is 5.24. The SMILES string of the molecule is O=C(O)C1CC(N2CCC3=NC(C#Cc4cccc(Cl)c4)NC=C3C2)C1. The molecular weight excluding hydrogens is 350 g/mol. The maximum absolute atomic E-state index is 11.0. The molecule has 4 rings (SSSR count). The van der Waals surface area contributed by atoms with Gasteiger partial charge in [-0.25, -0.2) is 0 Å². The monoisotopic (exact) mass is 369 g/mol. The number of rotatable bonds is 2. The molecule has 134 valence electrons. The highest BCUT2D eigenvalue weighted by atomic mass is 35.5. The molecule has 1 saturated heterocycles. The maximum Gasteiger partial charge on any atom is 0.306 e. The average molecular weight is 370 g/mol. The van der Waals surface area contributed by atoms with Crippen molar-refractivity contribution in [1.29, 1.82) is 0 Å². The van der Waals surface area contributed by atoms with Gasteiger partial charge < -0.3 is 10.4 Å². The lowest BCUT2D eigenvalue weighted by atomic mass is 9.78. The van der Waals surface area contributed by atoms with E-state index < -0.39 is 5.97 Å². The first-order valence-corrected chi connectivity index (χ1v) is 9.22. The average Bonchev–Trinajstić information content (AvgIpc) is 2.58. The van der Waals surface area contributed by atoms with E-state index in [4.69, 9.17) is 21.7 Å². The van der Waals surface area contributed by atoms with Crippen LogP contribution in [0.1, 0.15) is 24.8 Å². The Bertz CT molecular complexity index is 846. The van der Waals surface area contributed by atoms with Crippen molar-refractivity contribution in [3.63, 3.8) is 0 Å². The van der Waals surface area contributed by atoms with Crippen molar-refractivity contribution in [2.75, 3.05) is 13.1 Å². The quantitative estimate of drug-likeness (QED) is 0.786. The summed E-state index contributed by atoms with van der Waals surface area (Å²) in [5.74, 6) is 5.42. The van der Waals surface area contributed by atoms with Crippen LogP contribution in [0.25, 0.3) is 0 Å². The number of aliphatic imine (C=N–C) groups is 1. The van der Waals surface area contributed by atoms with Gasteiger partial charge in [0.2, 0.25) is 0 Å². The number of hydrogen-bond acceptors (Lipinski definition) is 4. The fraction of sp³-hybridized carbons (Fsp3) is 0.400. The number of halogens is 1. The summed E-state index contributed by atoms with van der Waals surface area (Å²) in [7, 11) is 0. The van der Waals surface area contributed by atoms with Crippen molar-refractivity contribution in [3.8, 4) is 11.8 Å². The zero-order chi connectivity index (χ0) is 18.1. The van der Waals surface area contributed by atoms with E-state index >= 15 is 0 Å². The van der Waals surface area contributed by atoms with Crippen LogP contribution in [0.3, 0.4) is 0 Å². The van der Waals surface area contributed by atoms with Crippen LogP contribution < -0.4 is 5.32 Å². The molecule has 3 aliphatic rings. The number of benzene rings is 1. The second-order valence-electron chi connectivity index (χ2n) is 6.98. The standard InChI is InChI=1S/C20H20ClN3O2/c21-16-3-1-2-13(8-16)4-5-19-22-11-15-12-24(7-6-18(15)23-19)17-9-14(10-17)20(25)26/h1-3,8,11,14,17,19,22H,6-7,9-10,12H2,(H,25,26). The number of aliphatic carboxylic acids is 1. The maximum atomic E-state index is 11.0. The van der Waals surface area contributed by atoms with E-state index in [0.29, 0.717) is 11.1 Å². The van der Waals surface area contributed by atoms with E-state index in [-0.39, 0.29) is 12.1 Å². The van der Waals surface area contributed by atoms with Crippen LogP contribution in [0.15, 0.2) is 41.0 Å². The van der Waals surface area contributed by atoms with E-state index in [2.05, 4.69) is 22.1 Å². The number of carbonyl (C=O) groups is 1. The highest BCUT2D eigenvalue weighted by Crippen LogP contribution is 2.34. The van der Waals surface area contributed by atoms with Crippen LogP contribution in [0, 0.1) is 17.8 Å². The second kappa shape index (κ2) is 7.14. The summed E-state index contributed by atoms with van der Waals surface area (Å²) in [4.78, 5) is 18.1. The predicted octanol–water partition coefficient (Wildman–Crippen LogP) is 2.51. The van der Waals surface area contributed by atoms with Crippen molar-refractivity contribution < 1.29 is 9.90 Å². The molecule has 26 heavy (non-hydrogen) atoms. The lowest BCUT2D eigenvalue weighted by Gasteiger charge is -2.44. The molecule has 1 saturated carbocycles. The molecule has 2 fully saturated rings. The van der Waals surface area contributed by atoms with Crippen molar-refractivity contribution in [2.24, 2.45) is 10.9 Å². The third kappa shape index (κ3) is 3.62. The Labute approximate surface area is 157 Å². The molecule has 0 bridgehead atoms. The summed E-state index contributed by atoms with van der Waals surface area (Å²) in [6, 6.07) is 7.87. The summed E-state index contributed by atoms with van der Waals surface area (Å²) in [6.07, 6.45) is 4.18. The largest absolute Gasteiger partial charge is 0.481 e. The summed E-state index contributed by atoms with van der Waals surface area (Å²) in [6.45, 7) is 1.76. The first-order chi connectivity index (χ1) is 12.6. The van der Waals surface area contributed by atoms with Crippen LogP contribution >= 0.6 is 11.6 Å². The van der Waals surface area contributed by atoms with Crippen molar-refractivity contribution in [3.05, 3.63) is 46.6 Å². The Balaban J connectivity index is 1.37. The molecule has 5 nitrogen and oxygen atoms in total. The molecule has 1 atom stereocenters. The molecule has 1 unspecified atom stereocenters. The van der Waals surface area contributed by atoms with Gasteiger partial charge in [-0.2, -0.15) is 0 Å². The Hall–Kier alpha value is -2.29. The van der Waals surface area contributed by atoms with Gasteiger partial charge in [-0.3, -0.25) is 14.7 Å². The highest BCUT2D eigenvalue weighted by molar-refractivity contribution is 6.30. The van der Waals surface area contributed by atoms with Crippen LogP contribution in [-0.2, 0) is 4.79 Å². The number of carboxylic acid groups (broad SMARTS) is 1. The van der Waals surface area contributed by atoms with Gasteiger partial charge in [0.25, 0.3) is 0 Å². The third-order valence-corrected chi connectivity index (χ3v) is 5.47. The molecule has 1 aliphatic carbocycles. The summed E-state index contributed by atoms with van der Waals surface area (Å²) < 4.78 is 0. The van der Waals surface area contributed by atoms with E-state index in [9.17, 15) is 4.79 Å². The predicted molar refractivity (Wildman–Crippen MR) is 101 cm³/mol. The number of likely N-dealkylation sites (tertiary alicyclic amines) is 1. The smallest absolute Gasteiger partial charge is 0.306 e. The molecule has 2 heterocycles. The molecule has 1 aromatic carbocycles. The highest BCUT2D eigenvalue weighted by Gasteiger charge is 2.39. The van der Waals surface area contributed by atoms with E-state index in [1.807, 2.05) is 30.5 Å². The summed E-state index contributed by atoms with van der Waals surface area (Å²) in [5.41, 5.74) is 3.18. The van der Waals surface area contributed by atoms with Crippen LogP contribution in [0.4, 0.5) is 0 Å². The van der Waals surface area contributed by atoms with E-state index in [0.717, 1.165) is 43.6 Å². The van der Waals surface area contributed by atoms with Crippen LogP contribution in [0.2, 0.25) is 5.02 Å². The fourth-order valence-corrected chi connectivity index (χ4v) is 3.83. The van der Waals surface area contributed by atoms with Gasteiger partial charge in [-0.05, 0) is 37.0 Å². The molecule has 0 spiro atoms. The number of carboxylic acids is 1. The number of piperidine rings is 1. The Kier molecular flexibility index (Phi) is 4.71. The minimum absolute atomic E-state index is 0.167. The van der Waals surface area contributed by atoms with E-state index in [1.54, 1.807) is 0 Å². The van der Waals surface area contributed by atoms with E-state index in [1.165, 1.54) is 5.57 Å². The second-order valence-corrected chi connectivity index (χ2v) is 7.41. The lowest BCUT2D eigenvalue weighted by Crippen LogP contribution is -2.51. The fourth-order valence-electron chi connectivity index (χ4n) is 3.64. The Morgan fingerprint density at radius 2 is 2.23 bits per heavy atom. The minimum Gasteiger partial charge on any atom is -0.481 e. The van der Waals surface area contributed by atoms with Crippen molar-refractivity contribution in [1.82, 2.24) is 10.2 Å². The molecule has 2 N–H and O–H groups in total. The van der Waals surface area contributed by atoms with Crippen molar-refractivity contribution >= 4 is 23.3 Å². The van der Waals surface area contributed by atoms with Crippen LogP contribution in [-0.4, -0.2) is 47.0 Å². The number of nitrogens with one attached hydrogen (secondary N) is 1. The number of hydrogen-bond donors (Lipinski definition) is 2. The summed E-state index contributed by atoms with van der Waals surface area (Å²) in [5, 5.41) is 13.0. The number of nitrogens with zero attached hydrogens (tertiary/aromatic N) is 2. The van der Waals surface area contributed by atoms with Crippen molar-refractivity contribution in [2.45, 2.75) is 31.5 Å². The minimum atomic E-state index is -0.667. The molecular formula is C20H20ClN3O2.